The molecule has 0 aromatic carbocycles. The van der Waals surface area contributed by atoms with Crippen LogP contribution in [0.15, 0.2) is 12.3 Å². The van der Waals surface area contributed by atoms with Gasteiger partial charge in [0.25, 0.3) is 11.6 Å². The van der Waals surface area contributed by atoms with Crippen LogP contribution < -0.4 is 16.4 Å². The molecule has 1 aromatic rings. The minimum atomic E-state index is -0.735. The van der Waals surface area contributed by atoms with E-state index in [2.05, 4.69) is 4.98 Å². The largest absolute Gasteiger partial charge is 0.365 e. The first-order chi connectivity index (χ1) is 8.49. The minimum Gasteiger partial charge on any atom is -0.365 e. The first-order valence-electron chi connectivity index (χ1n) is 5.44. The van der Waals surface area contributed by atoms with Crippen LogP contribution in [0.3, 0.4) is 0 Å². The maximum absolute atomic E-state index is 11.3. The highest BCUT2D eigenvalue weighted by molar-refractivity contribution is 5.98. The average Bonchev–Trinajstić information content (AvgIpc) is 2.74. The predicted octanol–water partition coefficient (Wildman–Crippen LogP) is -0.374. The second-order valence-electron chi connectivity index (χ2n) is 4.18. The second kappa shape index (κ2) is 4.57. The number of carbonyl (C=O) groups excluding carboxylic acids is 1. The van der Waals surface area contributed by atoms with Crippen molar-refractivity contribution in [3.63, 3.8) is 0 Å². The number of amides is 1. The van der Waals surface area contributed by atoms with Gasteiger partial charge in [0.05, 0.1) is 10.5 Å². The summed E-state index contributed by atoms with van der Waals surface area (Å²) in [4.78, 5) is 27.1. The molecule has 1 aliphatic rings. The van der Waals surface area contributed by atoms with E-state index < -0.39 is 10.8 Å². The van der Waals surface area contributed by atoms with Crippen LogP contribution in [-0.2, 0) is 0 Å². The summed E-state index contributed by atoms with van der Waals surface area (Å²) < 4.78 is 0. The Morgan fingerprint density at radius 3 is 2.83 bits per heavy atom. The van der Waals surface area contributed by atoms with E-state index in [1.54, 1.807) is 0 Å². The minimum absolute atomic E-state index is 0.0164. The highest BCUT2D eigenvalue weighted by atomic mass is 16.6. The maximum atomic E-state index is 11.3. The quantitative estimate of drug-likeness (QED) is 0.556. The van der Waals surface area contributed by atoms with Gasteiger partial charge in [0.2, 0.25) is 0 Å². The van der Waals surface area contributed by atoms with E-state index in [1.807, 2.05) is 4.90 Å². The summed E-state index contributed by atoms with van der Waals surface area (Å²) in [5.41, 5.74) is 10.8. The summed E-state index contributed by atoms with van der Waals surface area (Å²) in [5.74, 6) is -0.372. The molecule has 1 aromatic heterocycles. The van der Waals surface area contributed by atoms with Crippen LogP contribution in [0, 0.1) is 10.1 Å². The first-order valence-corrected chi connectivity index (χ1v) is 5.44. The van der Waals surface area contributed by atoms with Crippen molar-refractivity contribution in [2.45, 2.75) is 12.5 Å². The molecule has 0 radical (unpaired) electrons. The molecule has 1 atom stereocenters. The van der Waals surface area contributed by atoms with Gasteiger partial charge >= 0.3 is 0 Å². The number of hydrogen-bond acceptors (Lipinski definition) is 6. The Morgan fingerprint density at radius 2 is 2.33 bits per heavy atom. The summed E-state index contributed by atoms with van der Waals surface area (Å²) in [6.07, 6.45) is 1.91. The van der Waals surface area contributed by atoms with Gasteiger partial charge in [0.15, 0.2) is 0 Å². The Labute approximate surface area is 103 Å². The molecule has 0 bridgehead atoms. The smallest absolute Gasteiger partial charge is 0.288 e. The van der Waals surface area contributed by atoms with E-state index in [0.29, 0.717) is 18.9 Å². The number of nitrogens with zero attached hydrogens (tertiary/aromatic N) is 3. The molecule has 4 N–H and O–H groups in total. The van der Waals surface area contributed by atoms with Crippen molar-refractivity contribution in [3.8, 4) is 0 Å². The third-order valence-electron chi connectivity index (χ3n) is 2.85. The number of nitro groups is 1. The van der Waals surface area contributed by atoms with Crippen molar-refractivity contribution in [2.24, 2.45) is 11.5 Å². The lowest BCUT2D eigenvalue weighted by Gasteiger charge is -2.18. The monoisotopic (exact) mass is 251 g/mol. The molecule has 1 unspecified atom stereocenters. The zero-order valence-corrected chi connectivity index (χ0v) is 9.57. The number of anilines is 1. The Morgan fingerprint density at radius 1 is 1.61 bits per heavy atom. The van der Waals surface area contributed by atoms with Gasteiger partial charge in [-0.3, -0.25) is 14.9 Å². The zero-order chi connectivity index (χ0) is 13.3. The number of carbonyl (C=O) groups is 1. The molecule has 2 rings (SSSR count). The Kier molecular flexibility index (Phi) is 3.11. The molecule has 0 saturated carbocycles. The van der Waals surface area contributed by atoms with Gasteiger partial charge in [0, 0.05) is 25.2 Å². The van der Waals surface area contributed by atoms with Gasteiger partial charge in [-0.05, 0) is 6.42 Å². The van der Waals surface area contributed by atoms with Gasteiger partial charge in [-0.15, -0.1) is 0 Å². The number of rotatable bonds is 3. The summed E-state index contributed by atoms with van der Waals surface area (Å²) in [7, 11) is 0. The predicted molar refractivity (Wildman–Crippen MR) is 64.2 cm³/mol. The van der Waals surface area contributed by atoms with E-state index >= 15 is 0 Å². The fourth-order valence-corrected chi connectivity index (χ4v) is 1.96. The molecule has 96 valence electrons. The molecular formula is C10H13N5O3. The molecule has 1 fully saturated rings. The molecule has 8 nitrogen and oxygen atoms in total. The van der Waals surface area contributed by atoms with Crippen LogP contribution in [-0.4, -0.2) is 34.9 Å². The van der Waals surface area contributed by atoms with E-state index in [-0.39, 0.29) is 17.3 Å². The third kappa shape index (κ3) is 2.23. The number of nitrogens with two attached hydrogens (primary N) is 2. The van der Waals surface area contributed by atoms with E-state index in [0.717, 1.165) is 18.7 Å². The first kappa shape index (κ1) is 12.2. The number of aromatic nitrogens is 1. The zero-order valence-electron chi connectivity index (χ0n) is 9.57. The van der Waals surface area contributed by atoms with Crippen molar-refractivity contribution in [1.29, 1.82) is 0 Å². The summed E-state index contributed by atoms with van der Waals surface area (Å²) in [6, 6.07) is 1.16. The Balaban J connectivity index is 2.41. The standard InChI is InChI=1S/C10H13N5O3/c11-6-1-2-14(5-6)10-8(9(12)16)3-7(4-13-10)15(17)18/h3-4,6H,1-2,5,11H2,(H2,12,16). The van der Waals surface area contributed by atoms with Gasteiger partial charge in [-0.25, -0.2) is 4.98 Å². The number of primary amides is 1. The highest BCUT2D eigenvalue weighted by Crippen LogP contribution is 2.24. The molecule has 18 heavy (non-hydrogen) atoms. The Bertz CT molecular complexity index is 504. The molecule has 0 aliphatic carbocycles. The van der Waals surface area contributed by atoms with Crippen LogP contribution >= 0.6 is 0 Å². The van der Waals surface area contributed by atoms with Gasteiger partial charge < -0.3 is 16.4 Å². The number of pyridine rings is 1. The molecule has 2 heterocycles. The van der Waals surface area contributed by atoms with E-state index in [1.165, 1.54) is 0 Å². The lowest BCUT2D eigenvalue weighted by Crippen LogP contribution is -2.29. The molecule has 1 aliphatic heterocycles. The second-order valence-corrected chi connectivity index (χ2v) is 4.18. The molecule has 1 amide bonds. The van der Waals surface area contributed by atoms with E-state index in [9.17, 15) is 14.9 Å². The summed E-state index contributed by atoms with van der Waals surface area (Å²) in [6.45, 7) is 1.22. The van der Waals surface area contributed by atoms with Crippen LogP contribution in [0.4, 0.5) is 11.5 Å². The average molecular weight is 251 g/mol. The molecule has 0 spiro atoms. The van der Waals surface area contributed by atoms with Crippen molar-refractivity contribution < 1.29 is 9.72 Å². The van der Waals surface area contributed by atoms with Gasteiger partial charge in [0.1, 0.15) is 12.0 Å². The lowest BCUT2D eigenvalue weighted by molar-refractivity contribution is -0.385. The van der Waals surface area contributed by atoms with Crippen molar-refractivity contribution in [3.05, 3.63) is 27.9 Å². The maximum Gasteiger partial charge on any atom is 0.288 e. The van der Waals surface area contributed by atoms with Gasteiger partial charge in [-0.2, -0.15) is 0 Å². The van der Waals surface area contributed by atoms with Crippen molar-refractivity contribution in [2.75, 3.05) is 18.0 Å². The van der Waals surface area contributed by atoms with Crippen molar-refractivity contribution >= 4 is 17.4 Å². The Hall–Kier alpha value is -2.22. The molecule has 1 saturated heterocycles. The highest BCUT2D eigenvalue weighted by Gasteiger charge is 2.25. The van der Waals surface area contributed by atoms with Crippen LogP contribution in [0.2, 0.25) is 0 Å². The normalized spacial score (nSPS) is 18.9. The fraction of sp³-hybridized carbons (Fsp3) is 0.400. The third-order valence-corrected chi connectivity index (χ3v) is 2.85. The van der Waals surface area contributed by atoms with Crippen LogP contribution in [0.1, 0.15) is 16.8 Å². The summed E-state index contributed by atoms with van der Waals surface area (Å²) >= 11 is 0. The van der Waals surface area contributed by atoms with E-state index in [4.69, 9.17) is 11.5 Å². The fourth-order valence-electron chi connectivity index (χ4n) is 1.96. The van der Waals surface area contributed by atoms with Crippen molar-refractivity contribution in [1.82, 2.24) is 4.98 Å². The summed E-state index contributed by atoms with van der Waals surface area (Å²) in [5, 5.41) is 10.6. The molecular weight excluding hydrogens is 238 g/mol. The molecule has 8 heteroatoms. The topological polar surface area (TPSA) is 128 Å². The SMILES string of the molecule is NC(=O)c1cc([N+](=O)[O-])cnc1N1CCC(N)C1. The van der Waals surface area contributed by atoms with Crippen LogP contribution in [0.25, 0.3) is 0 Å². The van der Waals surface area contributed by atoms with Gasteiger partial charge in [-0.1, -0.05) is 0 Å². The lowest BCUT2D eigenvalue weighted by atomic mass is 10.2. The number of hydrogen-bond donors (Lipinski definition) is 2. The van der Waals surface area contributed by atoms with Crippen LogP contribution in [0.5, 0.6) is 0 Å².